The summed E-state index contributed by atoms with van der Waals surface area (Å²) in [6.07, 6.45) is 0.585. The molecule has 29 heavy (non-hydrogen) atoms. The van der Waals surface area contributed by atoms with Crippen molar-refractivity contribution in [3.63, 3.8) is 0 Å². The first-order valence-corrected chi connectivity index (χ1v) is 11.9. The lowest BCUT2D eigenvalue weighted by atomic mass is 10.0. The number of sulfonamides is 1. The van der Waals surface area contributed by atoms with Gasteiger partial charge in [-0.05, 0) is 50.5 Å². The Balaban J connectivity index is 1.94. The molecule has 0 aliphatic carbocycles. The second-order valence-electron chi connectivity index (χ2n) is 8.10. The average Bonchev–Trinajstić information content (AvgIpc) is 2.99. The number of carbonyl (C=O) groups is 1. The van der Waals surface area contributed by atoms with E-state index in [0.29, 0.717) is 31.1 Å². The number of benzene rings is 1. The van der Waals surface area contributed by atoms with Crippen LogP contribution in [-0.4, -0.2) is 38.5 Å². The quantitative estimate of drug-likeness (QED) is 0.692. The second-order valence-corrected chi connectivity index (χ2v) is 11.5. The maximum absolute atomic E-state index is 13.0. The van der Waals surface area contributed by atoms with Crippen molar-refractivity contribution in [2.24, 2.45) is 0 Å². The number of thiophene rings is 1. The monoisotopic (exact) mass is 456 g/mol. The number of methoxy groups -OCH3 is 1. The van der Waals surface area contributed by atoms with E-state index in [9.17, 15) is 13.2 Å². The van der Waals surface area contributed by atoms with E-state index in [1.807, 2.05) is 24.3 Å². The summed E-state index contributed by atoms with van der Waals surface area (Å²) >= 11 is 7.23. The van der Waals surface area contributed by atoms with E-state index in [0.717, 1.165) is 27.3 Å². The molecule has 1 aromatic carbocycles. The summed E-state index contributed by atoms with van der Waals surface area (Å²) in [5.74, 6) is -0.611. The van der Waals surface area contributed by atoms with Crippen LogP contribution in [0.5, 0.6) is 0 Å². The normalized spacial score (nSPS) is 15.2. The van der Waals surface area contributed by atoms with E-state index < -0.39 is 21.5 Å². The van der Waals surface area contributed by atoms with E-state index in [2.05, 4.69) is 9.62 Å². The molecule has 6 nitrogen and oxygen atoms in total. The van der Waals surface area contributed by atoms with Gasteiger partial charge in [0.2, 0.25) is 0 Å². The van der Waals surface area contributed by atoms with Crippen molar-refractivity contribution in [3.8, 4) is 0 Å². The fourth-order valence-corrected chi connectivity index (χ4v) is 6.97. The number of rotatable bonds is 5. The minimum atomic E-state index is -3.85. The molecule has 0 bridgehead atoms. The molecule has 0 amide bonds. The summed E-state index contributed by atoms with van der Waals surface area (Å²) in [4.78, 5) is 15.6. The van der Waals surface area contributed by atoms with Crippen LogP contribution in [0.15, 0.2) is 28.5 Å². The lowest BCUT2D eigenvalue weighted by Crippen LogP contribution is -2.40. The molecule has 0 unspecified atom stereocenters. The number of halogens is 1. The molecule has 0 atom stereocenters. The Hall–Kier alpha value is -1.45. The molecule has 1 N–H and O–H groups in total. The van der Waals surface area contributed by atoms with Gasteiger partial charge in [0.05, 0.1) is 12.7 Å². The van der Waals surface area contributed by atoms with Crippen LogP contribution in [0.25, 0.3) is 0 Å². The smallest absolute Gasteiger partial charge is 0.340 e. The van der Waals surface area contributed by atoms with Crippen LogP contribution in [0.3, 0.4) is 0 Å². The molecule has 1 aliphatic rings. The lowest BCUT2D eigenvalue weighted by Gasteiger charge is -2.27. The van der Waals surface area contributed by atoms with Crippen molar-refractivity contribution in [1.82, 2.24) is 9.62 Å². The number of fused-ring (bicyclic) bond motifs is 1. The maximum Gasteiger partial charge on any atom is 0.340 e. The number of nitrogens with zero attached hydrogens (tertiary/aromatic N) is 1. The van der Waals surface area contributed by atoms with Crippen LogP contribution >= 0.6 is 22.9 Å². The zero-order valence-corrected chi connectivity index (χ0v) is 19.3. The first-order chi connectivity index (χ1) is 13.5. The van der Waals surface area contributed by atoms with Gasteiger partial charge in [-0.25, -0.2) is 17.9 Å². The number of carbonyl (C=O) groups excluding carboxylic acids is 1. The highest BCUT2D eigenvalue weighted by molar-refractivity contribution is 7.91. The van der Waals surface area contributed by atoms with Crippen LogP contribution in [-0.2, 0) is 34.3 Å². The molecule has 158 valence electrons. The Bertz CT molecular complexity index is 1030. The van der Waals surface area contributed by atoms with Gasteiger partial charge in [-0.3, -0.25) is 4.90 Å². The highest BCUT2D eigenvalue weighted by Gasteiger charge is 2.35. The van der Waals surface area contributed by atoms with E-state index in [1.165, 1.54) is 7.11 Å². The number of hydrogen-bond acceptors (Lipinski definition) is 6. The number of esters is 1. The summed E-state index contributed by atoms with van der Waals surface area (Å²) in [5, 5.41) is 0.686. The van der Waals surface area contributed by atoms with E-state index in [-0.39, 0.29) is 9.77 Å². The molecule has 9 heteroatoms. The molecular weight excluding hydrogens is 432 g/mol. The number of ether oxygens (including phenoxy) is 1. The Labute approximate surface area is 180 Å². The van der Waals surface area contributed by atoms with Crippen LogP contribution in [0.1, 0.15) is 47.1 Å². The van der Waals surface area contributed by atoms with Gasteiger partial charge in [0, 0.05) is 35.1 Å². The Morgan fingerprint density at radius 2 is 2.07 bits per heavy atom. The molecule has 1 aliphatic heterocycles. The maximum atomic E-state index is 13.0. The van der Waals surface area contributed by atoms with E-state index in [1.54, 1.807) is 20.8 Å². The van der Waals surface area contributed by atoms with Gasteiger partial charge in [0.25, 0.3) is 10.0 Å². The molecular formula is C20H25ClN2O4S2. The molecule has 2 aromatic rings. The Morgan fingerprint density at radius 1 is 1.34 bits per heavy atom. The molecule has 0 saturated carbocycles. The Morgan fingerprint density at radius 3 is 2.69 bits per heavy atom. The van der Waals surface area contributed by atoms with Gasteiger partial charge >= 0.3 is 5.97 Å². The predicted molar refractivity (Wildman–Crippen MR) is 115 cm³/mol. The lowest BCUT2D eigenvalue weighted by molar-refractivity contribution is 0.0595. The third-order valence-corrected chi connectivity index (χ3v) is 8.20. The van der Waals surface area contributed by atoms with Crippen LogP contribution in [0, 0.1) is 0 Å². The SMILES string of the molecule is COC(=O)c1c(S(=O)(=O)NC(C)(C)C)sc2c1CCN(Cc1cccc(Cl)c1)C2. The first kappa shape index (κ1) is 22.2. The predicted octanol–water partition coefficient (Wildman–Crippen LogP) is 3.82. The van der Waals surface area contributed by atoms with Gasteiger partial charge in [0.1, 0.15) is 4.21 Å². The second kappa shape index (κ2) is 8.35. The van der Waals surface area contributed by atoms with Gasteiger partial charge < -0.3 is 4.74 Å². The molecule has 0 saturated heterocycles. The Kier molecular flexibility index (Phi) is 6.41. The van der Waals surface area contributed by atoms with E-state index in [4.69, 9.17) is 16.3 Å². The van der Waals surface area contributed by atoms with Gasteiger partial charge in [-0.1, -0.05) is 23.7 Å². The largest absolute Gasteiger partial charge is 0.465 e. The van der Waals surface area contributed by atoms with Gasteiger partial charge in [-0.15, -0.1) is 11.3 Å². The van der Waals surface area contributed by atoms with Gasteiger partial charge in [-0.2, -0.15) is 0 Å². The molecule has 0 fully saturated rings. The average molecular weight is 457 g/mol. The topological polar surface area (TPSA) is 75.7 Å². The van der Waals surface area contributed by atoms with Crippen molar-refractivity contribution >= 4 is 38.9 Å². The van der Waals surface area contributed by atoms with E-state index >= 15 is 0 Å². The van der Waals surface area contributed by atoms with Crippen LogP contribution in [0.2, 0.25) is 5.02 Å². The standard InChI is InChI=1S/C20H25ClN2O4S2/c1-20(2,3)22-29(25,26)19-17(18(24)27-4)15-8-9-23(12-16(15)28-19)11-13-6-5-7-14(21)10-13/h5-7,10,22H,8-9,11-12H2,1-4H3. The summed E-state index contributed by atoms with van der Waals surface area (Å²) in [5.41, 5.74) is 1.38. The molecule has 3 rings (SSSR count). The third kappa shape index (κ3) is 5.19. The first-order valence-electron chi connectivity index (χ1n) is 9.24. The fraction of sp³-hybridized carbons (Fsp3) is 0.450. The van der Waals surface area contributed by atoms with Crippen molar-refractivity contribution in [2.45, 2.75) is 50.0 Å². The zero-order chi connectivity index (χ0) is 21.4. The van der Waals surface area contributed by atoms with Crippen LogP contribution < -0.4 is 4.72 Å². The zero-order valence-electron chi connectivity index (χ0n) is 16.9. The van der Waals surface area contributed by atoms with Crippen molar-refractivity contribution in [3.05, 3.63) is 50.9 Å². The minimum Gasteiger partial charge on any atom is -0.465 e. The molecule has 2 heterocycles. The minimum absolute atomic E-state index is 0.0360. The third-order valence-electron chi connectivity index (χ3n) is 4.47. The molecule has 0 radical (unpaired) electrons. The summed E-state index contributed by atoms with van der Waals surface area (Å²) in [6, 6.07) is 7.68. The van der Waals surface area contributed by atoms with Crippen molar-refractivity contribution in [2.75, 3.05) is 13.7 Å². The summed E-state index contributed by atoms with van der Waals surface area (Å²) in [6.45, 7) is 7.29. The highest BCUT2D eigenvalue weighted by atomic mass is 35.5. The fourth-order valence-electron chi connectivity index (χ4n) is 3.41. The number of nitrogens with one attached hydrogen (secondary N) is 1. The highest BCUT2D eigenvalue weighted by Crippen LogP contribution is 2.37. The molecule has 0 spiro atoms. The van der Waals surface area contributed by atoms with Crippen molar-refractivity contribution in [1.29, 1.82) is 0 Å². The van der Waals surface area contributed by atoms with Gasteiger partial charge in [0.15, 0.2) is 0 Å². The molecule has 1 aromatic heterocycles. The summed E-state index contributed by atoms with van der Waals surface area (Å²) < 4.78 is 33.5. The number of hydrogen-bond donors (Lipinski definition) is 1. The van der Waals surface area contributed by atoms with Crippen LogP contribution in [0.4, 0.5) is 0 Å². The summed E-state index contributed by atoms with van der Waals surface area (Å²) in [7, 11) is -2.58. The van der Waals surface area contributed by atoms with Crippen molar-refractivity contribution < 1.29 is 17.9 Å².